The molecule has 1 aromatic carbocycles. The molecule has 1 aliphatic carbocycles. The fourth-order valence-corrected chi connectivity index (χ4v) is 2.91. The van der Waals surface area contributed by atoms with Gasteiger partial charge < -0.3 is 5.73 Å². The first kappa shape index (κ1) is 13.3. The largest absolute Gasteiger partial charge is 0.324 e. The Morgan fingerprint density at radius 3 is 2.33 bits per heavy atom. The summed E-state index contributed by atoms with van der Waals surface area (Å²) in [6.07, 6.45) is 3.32. The van der Waals surface area contributed by atoms with Gasteiger partial charge in [-0.15, -0.1) is 0 Å². The van der Waals surface area contributed by atoms with E-state index in [1.54, 1.807) is 0 Å². The third-order valence-electron chi connectivity index (χ3n) is 4.55. The lowest BCUT2D eigenvalue weighted by molar-refractivity contribution is -0.121. The van der Waals surface area contributed by atoms with Crippen molar-refractivity contribution < 1.29 is 4.79 Å². The predicted molar refractivity (Wildman–Crippen MR) is 74.5 cm³/mol. The minimum absolute atomic E-state index is 0.0809. The second kappa shape index (κ2) is 5.23. The quantitative estimate of drug-likeness (QED) is 0.868. The van der Waals surface area contributed by atoms with E-state index in [0.717, 1.165) is 12.8 Å². The summed E-state index contributed by atoms with van der Waals surface area (Å²) in [7, 11) is 0. The van der Waals surface area contributed by atoms with Crippen LogP contribution in [0, 0.1) is 26.7 Å². The van der Waals surface area contributed by atoms with Crippen LogP contribution in [0.25, 0.3) is 0 Å². The summed E-state index contributed by atoms with van der Waals surface area (Å²) in [5.41, 5.74) is 11.7. The maximum absolute atomic E-state index is 11.3. The van der Waals surface area contributed by atoms with Crippen molar-refractivity contribution >= 4 is 5.78 Å². The molecule has 0 amide bonds. The highest BCUT2D eigenvalue weighted by molar-refractivity contribution is 5.79. The summed E-state index contributed by atoms with van der Waals surface area (Å²) >= 11 is 0. The Morgan fingerprint density at radius 1 is 1.11 bits per heavy atom. The molecule has 0 bridgehead atoms. The van der Waals surface area contributed by atoms with Crippen LogP contribution < -0.4 is 5.73 Å². The summed E-state index contributed by atoms with van der Waals surface area (Å²) in [5, 5.41) is 0. The number of carbonyl (C=O) groups is 1. The molecule has 1 saturated carbocycles. The molecule has 0 saturated heterocycles. The molecule has 1 aliphatic rings. The highest BCUT2D eigenvalue weighted by atomic mass is 16.1. The number of ketones is 1. The van der Waals surface area contributed by atoms with Crippen LogP contribution in [0.15, 0.2) is 12.1 Å². The maximum atomic E-state index is 11.3. The third kappa shape index (κ3) is 2.49. The van der Waals surface area contributed by atoms with Crippen LogP contribution in [0.4, 0.5) is 0 Å². The van der Waals surface area contributed by atoms with Gasteiger partial charge in [0.2, 0.25) is 0 Å². The van der Waals surface area contributed by atoms with Gasteiger partial charge in [0.1, 0.15) is 5.78 Å². The van der Waals surface area contributed by atoms with Crippen LogP contribution in [0.3, 0.4) is 0 Å². The van der Waals surface area contributed by atoms with E-state index < -0.39 is 0 Å². The first-order valence-electron chi connectivity index (χ1n) is 6.84. The molecule has 0 spiro atoms. The van der Waals surface area contributed by atoms with E-state index in [9.17, 15) is 4.79 Å². The fraction of sp³-hybridized carbons (Fsp3) is 0.562. The number of rotatable bonds is 2. The summed E-state index contributed by atoms with van der Waals surface area (Å²) in [6.45, 7) is 6.45. The second-order valence-corrected chi connectivity index (χ2v) is 5.62. The molecule has 18 heavy (non-hydrogen) atoms. The Kier molecular flexibility index (Phi) is 3.86. The molecule has 1 atom stereocenters. The Morgan fingerprint density at radius 2 is 1.72 bits per heavy atom. The Hall–Kier alpha value is -1.15. The lowest BCUT2D eigenvalue weighted by Gasteiger charge is -2.29. The van der Waals surface area contributed by atoms with Crippen molar-refractivity contribution in [3.8, 4) is 0 Å². The van der Waals surface area contributed by atoms with Gasteiger partial charge in [-0.05, 0) is 61.8 Å². The molecule has 0 heterocycles. The van der Waals surface area contributed by atoms with Crippen molar-refractivity contribution in [3.05, 3.63) is 34.4 Å². The van der Waals surface area contributed by atoms with E-state index in [1.807, 2.05) is 0 Å². The van der Waals surface area contributed by atoms with E-state index in [0.29, 0.717) is 24.5 Å². The van der Waals surface area contributed by atoms with Gasteiger partial charge in [-0.2, -0.15) is 0 Å². The zero-order chi connectivity index (χ0) is 13.3. The van der Waals surface area contributed by atoms with Gasteiger partial charge in [0, 0.05) is 18.9 Å². The molecule has 0 radical (unpaired) electrons. The van der Waals surface area contributed by atoms with Crippen LogP contribution >= 0.6 is 0 Å². The summed E-state index contributed by atoms with van der Waals surface area (Å²) in [6, 6.07) is 4.40. The summed E-state index contributed by atoms with van der Waals surface area (Å²) < 4.78 is 0. The van der Waals surface area contributed by atoms with Gasteiger partial charge in [0.25, 0.3) is 0 Å². The molecular formula is C16H23NO. The summed E-state index contributed by atoms with van der Waals surface area (Å²) in [5.74, 6) is 0.860. The zero-order valence-electron chi connectivity index (χ0n) is 11.6. The molecule has 1 unspecified atom stereocenters. The summed E-state index contributed by atoms with van der Waals surface area (Å²) in [4.78, 5) is 11.3. The molecule has 0 aromatic heterocycles. The van der Waals surface area contributed by atoms with E-state index in [4.69, 9.17) is 5.73 Å². The topological polar surface area (TPSA) is 43.1 Å². The average Bonchev–Trinajstić information content (AvgIpc) is 2.36. The Balaban J connectivity index is 2.21. The molecule has 2 N–H and O–H groups in total. The highest BCUT2D eigenvalue weighted by Crippen LogP contribution is 2.34. The van der Waals surface area contributed by atoms with Crippen molar-refractivity contribution in [2.45, 2.75) is 52.5 Å². The van der Waals surface area contributed by atoms with Crippen molar-refractivity contribution in [1.29, 1.82) is 0 Å². The minimum Gasteiger partial charge on any atom is -0.324 e. The number of nitrogens with two attached hydrogens (primary N) is 1. The van der Waals surface area contributed by atoms with Crippen LogP contribution in [0.2, 0.25) is 0 Å². The first-order valence-corrected chi connectivity index (χ1v) is 6.84. The van der Waals surface area contributed by atoms with Crippen molar-refractivity contribution in [2.24, 2.45) is 11.7 Å². The van der Waals surface area contributed by atoms with E-state index >= 15 is 0 Å². The van der Waals surface area contributed by atoms with Gasteiger partial charge in [0.15, 0.2) is 0 Å². The molecule has 98 valence electrons. The average molecular weight is 245 g/mol. The van der Waals surface area contributed by atoms with Gasteiger partial charge in [-0.3, -0.25) is 4.79 Å². The lowest BCUT2D eigenvalue weighted by atomic mass is 9.79. The van der Waals surface area contributed by atoms with Gasteiger partial charge in [0.05, 0.1) is 0 Å². The monoisotopic (exact) mass is 245 g/mol. The van der Waals surface area contributed by atoms with E-state index in [-0.39, 0.29) is 6.04 Å². The number of hydrogen-bond donors (Lipinski definition) is 1. The Labute approximate surface area is 110 Å². The zero-order valence-corrected chi connectivity index (χ0v) is 11.6. The lowest BCUT2D eigenvalue weighted by Crippen LogP contribution is -2.26. The number of Topliss-reactive ketones (excluding diaryl/α,β-unsaturated/α-hetero) is 1. The van der Waals surface area contributed by atoms with Crippen LogP contribution in [0.1, 0.15) is 54.0 Å². The van der Waals surface area contributed by atoms with Crippen molar-refractivity contribution in [1.82, 2.24) is 0 Å². The molecule has 1 aromatic rings. The third-order valence-corrected chi connectivity index (χ3v) is 4.55. The molecule has 2 heteroatoms. The van der Waals surface area contributed by atoms with Crippen LogP contribution in [-0.4, -0.2) is 5.78 Å². The number of benzene rings is 1. The minimum atomic E-state index is 0.0809. The highest BCUT2D eigenvalue weighted by Gasteiger charge is 2.26. The van der Waals surface area contributed by atoms with E-state index in [1.165, 1.54) is 22.3 Å². The smallest absolute Gasteiger partial charge is 0.132 e. The van der Waals surface area contributed by atoms with Crippen molar-refractivity contribution in [2.75, 3.05) is 0 Å². The van der Waals surface area contributed by atoms with Crippen LogP contribution in [-0.2, 0) is 4.79 Å². The second-order valence-electron chi connectivity index (χ2n) is 5.62. The molecule has 0 aliphatic heterocycles. The van der Waals surface area contributed by atoms with Gasteiger partial charge in [-0.1, -0.05) is 12.1 Å². The van der Waals surface area contributed by atoms with Gasteiger partial charge >= 0.3 is 0 Å². The molecule has 2 rings (SSSR count). The number of aryl methyl sites for hydroxylation is 1. The fourth-order valence-electron chi connectivity index (χ4n) is 2.91. The molecular weight excluding hydrogens is 222 g/mol. The molecule has 2 nitrogen and oxygen atoms in total. The Bertz CT molecular complexity index is 454. The van der Waals surface area contributed by atoms with Gasteiger partial charge in [-0.25, -0.2) is 0 Å². The SMILES string of the molecule is Cc1ccc(C(N)C2CCC(=O)CC2)c(C)c1C. The van der Waals surface area contributed by atoms with E-state index in [2.05, 4.69) is 32.9 Å². The van der Waals surface area contributed by atoms with Crippen LogP contribution in [0.5, 0.6) is 0 Å². The number of carbonyl (C=O) groups excluding carboxylic acids is 1. The maximum Gasteiger partial charge on any atom is 0.132 e. The molecule has 1 fully saturated rings. The number of hydrogen-bond acceptors (Lipinski definition) is 2. The normalized spacial score (nSPS) is 19.0. The van der Waals surface area contributed by atoms with Crippen molar-refractivity contribution in [3.63, 3.8) is 0 Å². The standard InChI is InChI=1S/C16H23NO/c1-10-4-9-15(12(3)11(10)2)16(17)13-5-7-14(18)8-6-13/h4,9,13,16H,5-8,17H2,1-3H3. The first-order chi connectivity index (χ1) is 8.50. The predicted octanol–water partition coefficient (Wildman–Crippen LogP) is 3.37.